The molecule has 0 saturated heterocycles. The van der Waals surface area contributed by atoms with Gasteiger partial charge in [0.05, 0.1) is 31.1 Å². The second-order valence-electron chi connectivity index (χ2n) is 7.84. The van der Waals surface area contributed by atoms with Crippen molar-refractivity contribution in [3.05, 3.63) is 47.3 Å². The van der Waals surface area contributed by atoms with Gasteiger partial charge >= 0.3 is 0 Å². The Labute approximate surface area is 166 Å². The molecule has 0 radical (unpaired) electrons. The molecule has 0 fully saturated rings. The summed E-state index contributed by atoms with van der Waals surface area (Å²) in [4.78, 5) is 15.2. The fourth-order valence-electron chi connectivity index (χ4n) is 4.08. The zero-order chi connectivity index (χ0) is 19.3. The third kappa shape index (κ3) is 4.38. The highest BCUT2D eigenvalue weighted by Gasteiger charge is 2.24. The van der Waals surface area contributed by atoms with E-state index in [1.54, 1.807) is 0 Å². The molecule has 1 N–H and O–H groups in total. The summed E-state index contributed by atoms with van der Waals surface area (Å²) >= 11 is 0. The number of fused-ring (bicyclic) bond motifs is 2. The summed E-state index contributed by atoms with van der Waals surface area (Å²) < 4.78 is 7.88. The van der Waals surface area contributed by atoms with Gasteiger partial charge in [-0.3, -0.25) is 14.4 Å². The van der Waals surface area contributed by atoms with Gasteiger partial charge in [-0.25, -0.2) is 0 Å². The highest BCUT2D eigenvalue weighted by Crippen LogP contribution is 2.26. The lowest BCUT2D eigenvalue weighted by molar-refractivity contribution is -0.125. The Bertz CT molecular complexity index is 817. The largest absolute Gasteiger partial charge is 0.493 e. The van der Waals surface area contributed by atoms with Crippen LogP contribution in [0.2, 0.25) is 0 Å². The van der Waals surface area contributed by atoms with Crippen molar-refractivity contribution in [3.63, 3.8) is 0 Å². The van der Waals surface area contributed by atoms with Gasteiger partial charge in [-0.2, -0.15) is 5.10 Å². The third-order valence-electron chi connectivity index (χ3n) is 5.73. The van der Waals surface area contributed by atoms with Crippen molar-refractivity contribution in [2.45, 2.75) is 52.2 Å². The minimum Gasteiger partial charge on any atom is -0.493 e. The van der Waals surface area contributed by atoms with Gasteiger partial charge in [0.15, 0.2) is 0 Å². The smallest absolute Gasteiger partial charge is 0.223 e. The molecule has 3 heterocycles. The number of carbonyl (C=O) groups is 1. The molecule has 6 nitrogen and oxygen atoms in total. The van der Waals surface area contributed by atoms with E-state index in [0.717, 1.165) is 56.0 Å². The van der Waals surface area contributed by atoms with Crippen molar-refractivity contribution in [3.8, 4) is 5.75 Å². The van der Waals surface area contributed by atoms with Crippen molar-refractivity contribution >= 4 is 5.91 Å². The normalized spacial score (nSPS) is 19.2. The number of carbonyl (C=O) groups excluding carboxylic acids is 1. The minimum absolute atomic E-state index is 0.0505. The van der Waals surface area contributed by atoms with Gasteiger partial charge in [0.1, 0.15) is 5.75 Å². The van der Waals surface area contributed by atoms with Crippen LogP contribution in [0.3, 0.4) is 0 Å². The number of benzene rings is 1. The number of unbranched alkanes of at least 4 members (excludes halogenated alkanes) is 1. The van der Waals surface area contributed by atoms with Crippen LogP contribution in [0.5, 0.6) is 5.75 Å². The first kappa shape index (κ1) is 19.0. The summed E-state index contributed by atoms with van der Waals surface area (Å²) in [5, 5.41) is 7.79. The minimum atomic E-state index is -0.0505. The average Bonchev–Trinajstić information content (AvgIpc) is 2.99. The molecule has 2 aromatic rings. The van der Waals surface area contributed by atoms with E-state index in [1.807, 2.05) is 18.2 Å². The number of hydrogen-bond acceptors (Lipinski definition) is 4. The molecule has 0 unspecified atom stereocenters. The lowest BCUT2D eigenvalue weighted by atomic mass is 9.96. The molecular weight excluding hydrogens is 352 g/mol. The first-order valence-electron chi connectivity index (χ1n) is 10.5. The number of hydrogen-bond donors (Lipinski definition) is 1. The molecule has 2 aliphatic heterocycles. The fourth-order valence-corrected chi connectivity index (χ4v) is 4.08. The predicted molar refractivity (Wildman–Crippen MR) is 108 cm³/mol. The molecule has 4 rings (SSSR count). The molecule has 28 heavy (non-hydrogen) atoms. The number of aromatic nitrogens is 2. The van der Waals surface area contributed by atoms with Crippen molar-refractivity contribution in [2.24, 2.45) is 5.92 Å². The predicted octanol–water partition coefficient (Wildman–Crippen LogP) is 2.76. The third-order valence-corrected chi connectivity index (χ3v) is 5.73. The highest BCUT2D eigenvalue weighted by molar-refractivity contribution is 5.79. The molecule has 0 spiro atoms. The summed E-state index contributed by atoms with van der Waals surface area (Å²) in [7, 11) is 0. The van der Waals surface area contributed by atoms with Crippen LogP contribution in [0, 0.1) is 5.92 Å². The Morgan fingerprint density at radius 2 is 2.21 bits per heavy atom. The molecule has 1 aromatic carbocycles. The number of nitrogens with zero attached hydrogens (tertiary/aromatic N) is 3. The van der Waals surface area contributed by atoms with Gasteiger partial charge in [-0.1, -0.05) is 31.5 Å². The van der Waals surface area contributed by atoms with E-state index in [0.29, 0.717) is 13.2 Å². The maximum atomic E-state index is 12.7. The van der Waals surface area contributed by atoms with Crippen molar-refractivity contribution in [1.29, 1.82) is 0 Å². The Kier molecular flexibility index (Phi) is 5.95. The lowest BCUT2D eigenvalue weighted by Crippen LogP contribution is -2.34. The van der Waals surface area contributed by atoms with Crippen molar-refractivity contribution < 1.29 is 9.53 Å². The fraction of sp³-hybridized carbons (Fsp3) is 0.545. The van der Waals surface area contributed by atoms with Gasteiger partial charge in [-0.05, 0) is 43.5 Å². The van der Waals surface area contributed by atoms with E-state index in [-0.39, 0.29) is 11.8 Å². The molecular formula is C22H30N4O2. The van der Waals surface area contributed by atoms with Gasteiger partial charge < -0.3 is 10.1 Å². The Balaban J connectivity index is 1.33. The standard InChI is InChI=1S/C22H30N4O2/c1-2-3-9-25-10-11-26-20(16-25)14-19(24-26)15-23-22(27)18-8-12-28-21-7-5-4-6-17(21)13-18/h4-7,14,18H,2-3,8-13,15-16H2,1H3,(H,23,27)/t18-/m0/s1. The van der Waals surface area contributed by atoms with E-state index in [2.05, 4.69) is 39.1 Å². The van der Waals surface area contributed by atoms with Gasteiger partial charge in [0, 0.05) is 19.0 Å². The number of rotatable bonds is 6. The Morgan fingerprint density at radius 1 is 1.32 bits per heavy atom. The molecule has 150 valence electrons. The quantitative estimate of drug-likeness (QED) is 0.835. The summed E-state index contributed by atoms with van der Waals surface area (Å²) in [6, 6.07) is 10.2. The maximum Gasteiger partial charge on any atom is 0.223 e. The van der Waals surface area contributed by atoms with E-state index < -0.39 is 0 Å². The Morgan fingerprint density at radius 3 is 3.11 bits per heavy atom. The van der Waals surface area contributed by atoms with E-state index >= 15 is 0 Å². The number of para-hydroxylation sites is 1. The molecule has 0 bridgehead atoms. The molecule has 1 atom stereocenters. The first-order chi connectivity index (χ1) is 13.7. The zero-order valence-corrected chi connectivity index (χ0v) is 16.7. The monoisotopic (exact) mass is 382 g/mol. The Hall–Kier alpha value is -2.34. The van der Waals surface area contributed by atoms with Crippen LogP contribution in [-0.4, -0.2) is 40.3 Å². The van der Waals surface area contributed by atoms with Crippen LogP contribution < -0.4 is 10.1 Å². The zero-order valence-electron chi connectivity index (χ0n) is 16.7. The van der Waals surface area contributed by atoms with E-state index in [4.69, 9.17) is 4.74 Å². The molecule has 0 aliphatic carbocycles. The van der Waals surface area contributed by atoms with Crippen LogP contribution in [0.1, 0.15) is 43.1 Å². The van der Waals surface area contributed by atoms with Gasteiger partial charge in [0.2, 0.25) is 5.91 Å². The highest BCUT2D eigenvalue weighted by atomic mass is 16.5. The number of nitrogens with one attached hydrogen (secondary N) is 1. The second kappa shape index (κ2) is 8.78. The van der Waals surface area contributed by atoms with E-state index in [9.17, 15) is 4.79 Å². The maximum absolute atomic E-state index is 12.7. The van der Waals surface area contributed by atoms with Crippen molar-refractivity contribution in [2.75, 3.05) is 19.7 Å². The van der Waals surface area contributed by atoms with E-state index in [1.165, 1.54) is 18.5 Å². The molecule has 1 amide bonds. The van der Waals surface area contributed by atoms with Crippen LogP contribution in [0.15, 0.2) is 30.3 Å². The summed E-state index contributed by atoms with van der Waals surface area (Å²) in [5.41, 5.74) is 3.32. The molecule has 1 aromatic heterocycles. The van der Waals surface area contributed by atoms with Crippen LogP contribution >= 0.6 is 0 Å². The summed E-state index contributed by atoms with van der Waals surface area (Å²) in [6.45, 7) is 7.41. The van der Waals surface area contributed by atoms with Crippen LogP contribution in [0.4, 0.5) is 0 Å². The second-order valence-corrected chi connectivity index (χ2v) is 7.84. The van der Waals surface area contributed by atoms with Gasteiger partial charge in [0.25, 0.3) is 0 Å². The number of ether oxygens (including phenoxy) is 1. The molecule has 0 saturated carbocycles. The number of amides is 1. The van der Waals surface area contributed by atoms with Gasteiger partial charge in [-0.15, -0.1) is 0 Å². The summed E-state index contributed by atoms with van der Waals surface area (Å²) in [6.07, 6.45) is 3.94. The average molecular weight is 383 g/mol. The first-order valence-corrected chi connectivity index (χ1v) is 10.5. The SMILES string of the molecule is CCCCN1CCn2nc(CNC(=O)[C@H]3CCOc4ccccc4C3)cc2C1. The molecule has 2 aliphatic rings. The summed E-state index contributed by atoms with van der Waals surface area (Å²) in [5.74, 6) is 0.952. The van der Waals surface area contributed by atoms with Crippen LogP contribution in [0.25, 0.3) is 0 Å². The van der Waals surface area contributed by atoms with Crippen LogP contribution in [-0.2, 0) is 30.8 Å². The molecule has 6 heteroatoms. The van der Waals surface area contributed by atoms with Crippen molar-refractivity contribution in [1.82, 2.24) is 20.0 Å². The topological polar surface area (TPSA) is 59.4 Å². The lowest BCUT2D eigenvalue weighted by Gasteiger charge is -2.27.